The highest BCUT2D eigenvalue weighted by Gasteiger charge is 2.22. The molecule has 0 radical (unpaired) electrons. The Morgan fingerprint density at radius 3 is 2.50 bits per heavy atom. The van der Waals surface area contributed by atoms with Crippen LogP contribution in [0.5, 0.6) is 0 Å². The summed E-state index contributed by atoms with van der Waals surface area (Å²) < 4.78 is 2.03. The zero-order valence-corrected chi connectivity index (χ0v) is 17.0. The molecule has 0 aromatic carbocycles. The molecule has 1 aliphatic heterocycles. The minimum absolute atomic E-state index is 0.538. The van der Waals surface area contributed by atoms with Crippen LogP contribution in [0.3, 0.4) is 0 Å². The Labute approximate surface area is 158 Å². The summed E-state index contributed by atoms with van der Waals surface area (Å²) in [5, 5.41) is 15.1. The normalized spacial score (nSPS) is 18.0. The van der Waals surface area contributed by atoms with Crippen molar-refractivity contribution in [1.29, 1.82) is 0 Å². The van der Waals surface area contributed by atoms with Crippen molar-refractivity contribution in [2.75, 3.05) is 26.2 Å². The molecule has 0 aliphatic carbocycles. The van der Waals surface area contributed by atoms with Crippen molar-refractivity contribution in [3.05, 3.63) is 12.2 Å². The van der Waals surface area contributed by atoms with E-state index in [4.69, 9.17) is 4.99 Å². The summed E-state index contributed by atoms with van der Waals surface area (Å²) in [5.41, 5.74) is 0. The summed E-state index contributed by atoms with van der Waals surface area (Å²) >= 11 is 0. The molecule has 7 nitrogen and oxygen atoms in total. The number of hydrogen-bond acceptors (Lipinski definition) is 4. The third kappa shape index (κ3) is 6.27. The lowest BCUT2D eigenvalue weighted by molar-refractivity contribution is 0.161. The van der Waals surface area contributed by atoms with Gasteiger partial charge >= 0.3 is 0 Å². The van der Waals surface area contributed by atoms with Crippen molar-refractivity contribution in [3.63, 3.8) is 0 Å². The highest BCUT2D eigenvalue weighted by molar-refractivity contribution is 5.79. The van der Waals surface area contributed by atoms with E-state index in [1.165, 1.54) is 38.8 Å². The third-order valence-electron chi connectivity index (χ3n) is 5.12. The first-order chi connectivity index (χ1) is 12.7. The first-order valence-corrected chi connectivity index (χ1v) is 10.3. The average molecular weight is 364 g/mol. The summed E-state index contributed by atoms with van der Waals surface area (Å²) in [7, 11) is 0. The van der Waals surface area contributed by atoms with Crippen LogP contribution in [-0.2, 0) is 13.1 Å². The zero-order valence-electron chi connectivity index (χ0n) is 17.0. The molecule has 0 bridgehead atoms. The Bertz CT molecular complexity index is 530. The number of likely N-dealkylation sites (tertiary alicyclic amines) is 1. The van der Waals surface area contributed by atoms with Gasteiger partial charge in [-0.3, -0.25) is 4.90 Å². The van der Waals surface area contributed by atoms with Gasteiger partial charge in [-0.15, -0.1) is 10.2 Å². The Hall–Kier alpha value is -1.63. The standard InChI is InChI=1S/C19H37N7/c1-5-20-19(22-14-18-24-23-15-25(18)6-2)21-13-17(16(3)4)26-11-9-7-8-10-12-26/h15-17H,5-14H2,1-4H3,(H2,20,21,22). The van der Waals surface area contributed by atoms with E-state index in [-0.39, 0.29) is 0 Å². The number of aromatic nitrogens is 3. The van der Waals surface area contributed by atoms with Crippen molar-refractivity contribution in [3.8, 4) is 0 Å². The molecule has 148 valence electrons. The summed E-state index contributed by atoms with van der Waals surface area (Å²) in [6.45, 7) is 14.5. The molecule has 2 N–H and O–H groups in total. The van der Waals surface area contributed by atoms with Crippen LogP contribution in [0.4, 0.5) is 0 Å². The number of rotatable bonds is 8. The number of guanidine groups is 1. The molecule has 26 heavy (non-hydrogen) atoms. The summed E-state index contributed by atoms with van der Waals surface area (Å²) in [6.07, 6.45) is 7.15. The molecule has 2 heterocycles. The van der Waals surface area contributed by atoms with Crippen molar-refractivity contribution >= 4 is 5.96 Å². The van der Waals surface area contributed by atoms with Gasteiger partial charge in [0.25, 0.3) is 0 Å². The van der Waals surface area contributed by atoms with Crippen LogP contribution in [0.15, 0.2) is 11.3 Å². The largest absolute Gasteiger partial charge is 0.357 e. The molecule has 1 aromatic rings. The van der Waals surface area contributed by atoms with Crippen molar-refractivity contribution < 1.29 is 0 Å². The number of hydrogen-bond donors (Lipinski definition) is 2. The maximum atomic E-state index is 4.71. The van der Waals surface area contributed by atoms with E-state index in [9.17, 15) is 0 Å². The van der Waals surface area contributed by atoms with Crippen LogP contribution in [0.2, 0.25) is 0 Å². The van der Waals surface area contributed by atoms with E-state index >= 15 is 0 Å². The highest BCUT2D eigenvalue weighted by Crippen LogP contribution is 2.17. The highest BCUT2D eigenvalue weighted by atomic mass is 15.3. The average Bonchev–Trinajstić information content (AvgIpc) is 2.92. The molecule has 0 amide bonds. The van der Waals surface area contributed by atoms with Crippen LogP contribution in [0.1, 0.15) is 59.2 Å². The minimum atomic E-state index is 0.538. The molecular weight excluding hydrogens is 326 g/mol. The SMILES string of the molecule is CCNC(=NCc1nncn1CC)NCC(C(C)C)N1CCCCCC1. The van der Waals surface area contributed by atoms with E-state index < -0.39 is 0 Å². The monoisotopic (exact) mass is 363 g/mol. The lowest BCUT2D eigenvalue weighted by Gasteiger charge is -2.34. The molecule has 1 fully saturated rings. The van der Waals surface area contributed by atoms with Gasteiger partial charge in [-0.1, -0.05) is 26.7 Å². The first kappa shape index (κ1) is 20.7. The molecule has 2 rings (SSSR count). The second-order valence-electron chi connectivity index (χ2n) is 7.37. The number of aryl methyl sites for hydroxylation is 1. The fourth-order valence-corrected chi connectivity index (χ4v) is 3.57. The van der Waals surface area contributed by atoms with Crippen LogP contribution < -0.4 is 10.6 Å². The van der Waals surface area contributed by atoms with Gasteiger partial charge in [-0.05, 0) is 45.7 Å². The van der Waals surface area contributed by atoms with Gasteiger partial charge in [0.15, 0.2) is 11.8 Å². The van der Waals surface area contributed by atoms with Crippen LogP contribution in [0, 0.1) is 5.92 Å². The topological polar surface area (TPSA) is 70.4 Å². The molecule has 1 aliphatic rings. The van der Waals surface area contributed by atoms with E-state index in [0.29, 0.717) is 18.5 Å². The van der Waals surface area contributed by atoms with Gasteiger partial charge in [0.05, 0.1) is 0 Å². The maximum absolute atomic E-state index is 4.71. The van der Waals surface area contributed by atoms with E-state index in [1.807, 2.05) is 4.57 Å². The molecular formula is C19H37N7. The Kier molecular flexibility index (Phi) is 8.88. The Morgan fingerprint density at radius 1 is 1.15 bits per heavy atom. The molecule has 1 unspecified atom stereocenters. The molecule has 7 heteroatoms. The fourth-order valence-electron chi connectivity index (χ4n) is 3.57. The lowest BCUT2D eigenvalue weighted by Crippen LogP contribution is -2.49. The minimum Gasteiger partial charge on any atom is -0.357 e. The van der Waals surface area contributed by atoms with Crippen LogP contribution in [-0.4, -0.2) is 57.8 Å². The first-order valence-electron chi connectivity index (χ1n) is 10.3. The predicted molar refractivity (Wildman–Crippen MR) is 107 cm³/mol. The van der Waals surface area contributed by atoms with Gasteiger partial charge in [-0.2, -0.15) is 0 Å². The molecule has 0 saturated carbocycles. The quantitative estimate of drug-likeness (QED) is 0.548. The van der Waals surface area contributed by atoms with E-state index in [1.54, 1.807) is 6.33 Å². The van der Waals surface area contributed by atoms with Crippen LogP contribution in [0.25, 0.3) is 0 Å². The zero-order chi connectivity index (χ0) is 18.8. The number of aliphatic imine (C=N–C) groups is 1. The Morgan fingerprint density at radius 2 is 1.88 bits per heavy atom. The van der Waals surface area contributed by atoms with Gasteiger partial charge < -0.3 is 15.2 Å². The van der Waals surface area contributed by atoms with Crippen molar-refractivity contribution in [2.24, 2.45) is 10.9 Å². The molecule has 1 saturated heterocycles. The van der Waals surface area contributed by atoms with Gasteiger partial charge in [0.2, 0.25) is 0 Å². The molecule has 1 atom stereocenters. The molecule has 1 aromatic heterocycles. The number of nitrogens with one attached hydrogen (secondary N) is 2. The van der Waals surface area contributed by atoms with Gasteiger partial charge in [-0.25, -0.2) is 4.99 Å². The van der Waals surface area contributed by atoms with Crippen molar-refractivity contribution in [1.82, 2.24) is 30.3 Å². The van der Waals surface area contributed by atoms with Gasteiger partial charge in [0, 0.05) is 25.7 Å². The van der Waals surface area contributed by atoms with E-state index in [0.717, 1.165) is 31.4 Å². The second-order valence-corrected chi connectivity index (χ2v) is 7.37. The lowest BCUT2D eigenvalue weighted by atomic mass is 10.0. The fraction of sp³-hybridized carbons (Fsp3) is 0.842. The summed E-state index contributed by atoms with van der Waals surface area (Å²) in [5.74, 6) is 2.38. The van der Waals surface area contributed by atoms with Crippen molar-refractivity contribution in [2.45, 2.75) is 72.5 Å². The van der Waals surface area contributed by atoms with E-state index in [2.05, 4.69) is 53.4 Å². The Balaban J connectivity index is 1.96. The maximum Gasteiger partial charge on any atom is 0.191 e. The predicted octanol–water partition coefficient (Wildman–Crippen LogP) is 2.25. The third-order valence-corrected chi connectivity index (χ3v) is 5.12. The van der Waals surface area contributed by atoms with Gasteiger partial charge in [0.1, 0.15) is 12.9 Å². The summed E-state index contributed by atoms with van der Waals surface area (Å²) in [4.78, 5) is 7.38. The van der Waals surface area contributed by atoms with Crippen LogP contribution >= 0.6 is 0 Å². The molecule has 0 spiro atoms. The second kappa shape index (κ2) is 11.2. The smallest absolute Gasteiger partial charge is 0.191 e. The number of nitrogens with zero attached hydrogens (tertiary/aromatic N) is 5. The summed E-state index contributed by atoms with van der Waals surface area (Å²) in [6, 6.07) is 0.538.